The molecule has 0 atom stereocenters. The molecule has 304 valence electrons. The first-order chi connectivity index (χ1) is 32.0. The fraction of sp³-hybridized carbons (Fsp3) is 0.0500. The highest BCUT2D eigenvalue weighted by atomic mass is 15.1. The summed E-state index contributed by atoms with van der Waals surface area (Å²) in [6, 6.07) is 65.6. The van der Waals surface area contributed by atoms with E-state index in [-0.39, 0.29) is 5.41 Å². The third kappa shape index (κ3) is 5.64. The summed E-state index contributed by atoms with van der Waals surface area (Å²) in [7, 11) is 0. The number of allylic oxidation sites excluding steroid dienone is 4. The summed E-state index contributed by atoms with van der Waals surface area (Å²) in [5.41, 5.74) is 23.1. The summed E-state index contributed by atoms with van der Waals surface area (Å²) < 4.78 is 4.86. The van der Waals surface area contributed by atoms with Crippen molar-refractivity contribution in [1.82, 2.24) is 24.1 Å². The van der Waals surface area contributed by atoms with Gasteiger partial charge in [-0.2, -0.15) is 0 Å². The SMILES string of the molecule is CC1(C)c2ccccc2-c2cc3c4cc(-c5cccc6c7cccc(-c8nc(C9=CC=C=C=C9)nc(-c9ccccc9)n8)c7n(-c7ccccc7)c56)ccc4n(-c4ccccc4)c3cc21. The number of benzene rings is 8. The molecule has 0 amide bonds. The standard InChI is InChI=1S/C60H39N5/c1-60(2)51-32-16-15-27-44(51)48-36-50-49-35-40(33-34-53(49)64(54(50)37-52(48)60)41-23-11-5-12-24-41)43-28-17-29-45-46-30-18-31-47(56(46)65(55(43)45)42-25-13-6-14-26-42)59-62-57(38-19-7-3-8-20-38)61-58(63-59)39-21-9-4-10-22-39/h3,5-9,11-37H,1-2H3. The second-order valence-corrected chi connectivity index (χ2v) is 17.5. The third-order valence-electron chi connectivity index (χ3n) is 13.4. The minimum absolute atomic E-state index is 0.118. The molecule has 2 aliphatic rings. The molecule has 0 saturated heterocycles. The quantitative estimate of drug-likeness (QED) is 0.157. The van der Waals surface area contributed by atoms with Gasteiger partial charge in [0.2, 0.25) is 0 Å². The second-order valence-electron chi connectivity index (χ2n) is 17.5. The lowest BCUT2D eigenvalue weighted by atomic mass is 9.82. The van der Waals surface area contributed by atoms with Crippen LogP contribution in [-0.2, 0) is 5.41 Å². The Morgan fingerprint density at radius 1 is 0.415 bits per heavy atom. The van der Waals surface area contributed by atoms with E-state index in [0.717, 1.165) is 61.0 Å². The van der Waals surface area contributed by atoms with Crippen LogP contribution >= 0.6 is 0 Å². The van der Waals surface area contributed by atoms with Gasteiger partial charge in [-0.05, 0) is 101 Å². The van der Waals surface area contributed by atoms with Crippen molar-refractivity contribution in [3.05, 3.63) is 229 Å². The molecule has 65 heavy (non-hydrogen) atoms. The van der Waals surface area contributed by atoms with E-state index in [1.54, 1.807) is 0 Å². The largest absolute Gasteiger partial charge is 0.309 e. The molecule has 0 aliphatic heterocycles. The van der Waals surface area contributed by atoms with E-state index < -0.39 is 0 Å². The summed E-state index contributed by atoms with van der Waals surface area (Å²) in [4.78, 5) is 15.4. The molecule has 0 bridgehead atoms. The Balaban J connectivity index is 1.09. The summed E-state index contributed by atoms with van der Waals surface area (Å²) in [6.07, 6.45) is 5.70. The highest BCUT2D eigenvalue weighted by Crippen LogP contribution is 2.51. The molecule has 5 heteroatoms. The van der Waals surface area contributed by atoms with Crippen molar-refractivity contribution in [3.63, 3.8) is 0 Å². The molecule has 0 radical (unpaired) electrons. The first-order valence-corrected chi connectivity index (χ1v) is 22.1. The number of rotatable bonds is 6. The average molecular weight is 830 g/mol. The molecule has 0 fully saturated rings. The Kier molecular flexibility index (Phi) is 8.10. The van der Waals surface area contributed by atoms with Gasteiger partial charge in [0.1, 0.15) is 0 Å². The lowest BCUT2D eigenvalue weighted by Crippen LogP contribution is -2.14. The average Bonchev–Trinajstić information content (AvgIpc) is 3.96. The van der Waals surface area contributed by atoms with Crippen molar-refractivity contribution in [1.29, 1.82) is 0 Å². The molecular formula is C60H39N5. The third-order valence-corrected chi connectivity index (χ3v) is 13.4. The monoisotopic (exact) mass is 829 g/mol. The molecule has 2 aliphatic carbocycles. The second kappa shape index (κ2) is 14.2. The maximum Gasteiger partial charge on any atom is 0.166 e. The van der Waals surface area contributed by atoms with Gasteiger partial charge in [-0.1, -0.05) is 153 Å². The van der Waals surface area contributed by atoms with Gasteiger partial charge in [0.05, 0.1) is 22.1 Å². The predicted octanol–water partition coefficient (Wildman–Crippen LogP) is 14.6. The van der Waals surface area contributed by atoms with E-state index in [4.69, 9.17) is 15.0 Å². The van der Waals surface area contributed by atoms with Gasteiger partial charge >= 0.3 is 0 Å². The van der Waals surface area contributed by atoms with Gasteiger partial charge in [0.25, 0.3) is 0 Å². The van der Waals surface area contributed by atoms with Crippen LogP contribution in [0.2, 0.25) is 0 Å². The highest BCUT2D eigenvalue weighted by Gasteiger charge is 2.36. The molecule has 0 unspecified atom stereocenters. The smallest absolute Gasteiger partial charge is 0.166 e. The Bertz CT molecular complexity index is 3910. The molecule has 3 heterocycles. The summed E-state index contributed by atoms with van der Waals surface area (Å²) in [5.74, 6) is 1.79. The number of nitrogens with zero attached hydrogens (tertiary/aromatic N) is 5. The number of hydrogen-bond donors (Lipinski definition) is 0. The predicted molar refractivity (Wildman–Crippen MR) is 267 cm³/mol. The van der Waals surface area contributed by atoms with Crippen molar-refractivity contribution < 1.29 is 0 Å². The molecule has 5 nitrogen and oxygen atoms in total. The lowest BCUT2D eigenvalue weighted by Gasteiger charge is -2.21. The Hall–Kier alpha value is -8.59. The van der Waals surface area contributed by atoms with Crippen LogP contribution < -0.4 is 0 Å². The minimum Gasteiger partial charge on any atom is -0.309 e. The van der Waals surface area contributed by atoms with Crippen LogP contribution in [0, 0.1) is 0 Å². The van der Waals surface area contributed by atoms with Gasteiger partial charge < -0.3 is 9.13 Å². The molecule has 0 spiro atoms. The zero-order valence-corrected chi connectivity index (χ0v) is 35.8. The topological polar surface area (TPSA) is 48.5 Å². The molecule has 0 saturated carbocycles. The number of fused-ring (bicyclic) bond motifs is 9. The Labute approximate surface area is 376 Å². The number of para-hydroxylation sites is 4. The molecule has 3 aromatic heterocycles. The van der Waals surface area contributed by atoms with Crippen molar-refractivity contribution in [3.8, 4) is 56.4 Å². The van der Waals surface area contributed by atoms with Crippen molar-refractivity contribution in [2.75, 3.05) is 0 Å². The van der Waals surface area contributed by atoms with Crippen LogP contribution in [0.1, 0.15) is 30.8 Å². The van der Waals surface area contributed by atoms with Gasteiger partial charge in [-0.15, -0.1) is 0 Å². The van der Waals surface area contributed by atoms with Crippen molar-refractivity contribution in [2.45, 2.75) is 19.3 Å². The lowest BCUT2D eigenvalue weighted by molar-refractivity contribution is 0.661. The zero-order chi connectivity index (χ0) is 43.2. The van der Waals surface area contributed by atoms with E-state index in [1.807, 2.05) is 48.6 Å². The first kappa shape index (κ1) is 37.0. The van der Waals surface area contributed by atoms with E-state index in [1.165, 1.54) is 44.1 Å². The normalized spacial score (nSPS) is 13.5. The molecule has 8 aromatic carbocycles. The van der Waals surface area contributed by atoms with Crippen LogP contribution in [-0.4, -0.2) is 24.1 Å². The van der Waals surface area contributed by atoms with Crippen molar-refractivity contribution >= 4 is 49.2 Å². The summed E-state index contributed by atoms with van der Waals surface area (Å²) >= 11 is 0. The van der Waals surface area contributed by atoms with Crippen LogP contribution in [0.5, 0.6) is 0 Å². The Morgan fingerprint density at radius 3 is 1.77 bits per heavy atom. The molecule has 13 rings (SSSR count). The maximum absolute atomic E-state index is 5.22. The van der Waals surface area contributed by atoms with Crippen LogP contribution in [0.3, 0.4) is 0 Å². The highest BCUT2D eigenvalue weighted by molar-refractivity contribution is 6.18. The maximum atomic E-state index is 5.22. The Morgan fingerprint density at radius 2 is 1.03 bits per heavy atom. The van der Waals surface area contributed by atoms with E-state index in [0.29, 0.717) is 17.5 Å². The first-order valence-electron chi connectivity index (χ1n) is 22.1. The van der Waals surface area contributed by atoms with Gasteiger partial charge in [0.15, 0.2) is 17.5 Å². The van der Waals surface area contributed by atoms with Crippen molar-refractivity contribution in [2.24, 2.45) is 0 Å². The van der Waals surface area contributed by atoms with Crippen LogP contribution in [0.15, 0.2) is 212 Å². The number of hydrogen-bond acceptors (Lipinski definition) is 3. The molecule has 0 N–H and O–H groups in total. The van der Waals surface area contributed by atoms with Gasteiger partial charge in [0, 0.05) is 60.6 Å². The van der Waals surface area contributed by atoms with Crippen LogP contribution in [0.25, 0.3) is 106 Å². The zero-order valence-electron chi connectivity index (χ0n) is 35.8. The van der Waals surface area contributed by atoms with E-state index >= 15 is 0 Å². The minimum atomic E-state index is -0.118. The van der Waals surface area contributed by atoms with Gasteiger partial charge in [-0.3, -0.25) is 0 Å². The van der Waals surface area contributed by atoms with Gasteiger partial charge in [-0.25, -0.2) is 15.0 Å². The summed E-state index contributed by atoms with van der Waals surface area (Å²) in [6.45, 7) is 4.72. The number of aromatic nitrogens is 5. The molecule has 11 aromatic rings. The van der Waals surface area contributed by atoms with E-state index in [2.05, 4.69) is 186 Å². The van der Waals surface area contributed by atoms with E-state index in [9.17, 15) is 0 Å². The fourth-order valence-corrected chi connectivity index (χ4v) is 10.4. The fourth-order valence-electron chi connectivity index (χ4n) is 10.4. The van der Waals surface area contributed by atoms with Crippen LogP contribution in [0.4, 0.5) is 0 Å². The molecular weight excluding hydrogens is 791 g/mol. The summed E-state index contributed by atoms with van der Waals surface area (Å²) in [5, 5.41) is 4.72.